The predicted molar refractivity (Wildman–Crippen MR) is 107 cm³/mol. The quantitative estimate of drug-likeness (QED) is 0.680. The Hall–Kier alpha value is -2.25. The fourth-order valence-electron chi connectivity index (χ4n) is 3.75. The molecule has 5 rings (SSSR count). The van der Waals surface area contributed by atoms with Gasteiger partial charge in [-0.05, 0) is 30.0 Å². The van der Waals surface area contributed by atoms with Crippen LogP contribution in [-0.2, 0) is 4.79 Å². The molecule has 1 aliphatic heterocycles. The maximum atomic E-state index is 12.8. The Bertz CT molecular complexity index is 957. The average Bonchev–Trinajstić information content (AvgIpc) is 3.13. The number of rotatable bonds is 3. The van der Waals surface area contributed by atoms with Gasteiger partial charge in [-0.25, -0.2) is 4.98 Å². The van der Waals surface area contributed by atoms with E-state index in [2.05, 4.69) is 16.4 Å². The summed E-state index contributed by atoms with van der Waals surface area (Å²) in [6.07, 6.45) is 0.962. The molecule has 1 aliphatic carbocycles. The highest BCUT2D eigenvalue weighted by atomic mass is 32.1. The number of thiophene rings is 1. The van der Waals surface area contributed by atoms with Crippen LogP contribution in [0.5, 0.6) is 0 Å². The maximum absolute atomic E-state index is 12.8. The van der Waals surface area contributed by atoms with E-state index in [1.165, 1.54) is 16.2 Å². The summed E-state index contributed by atoms with van der Waals surface area (Å²) >= 11 is 3.17. The zero-order valence-electron chi connectivity index (χ0n) is 14.7. The average molecular weight is 398 g/mol. The van der Waals surface area contributed by atoms with Crippen molar-refractivity contribution in [3.63, 3.8) is 0 Å². The lowest BCUT2D eigenvalue weighted by atomic mass is 10.2. The van der Waals surface area contributed by atoms with Gasteiger partial charge in [-0.15, -0.1) is 22.7 Å². The van der Waals surface area contributed by atoms with Crippen molar-refractivity contribution in [2.75, 3.05) is 26.2 Å². The highest BCUT2D eigenvalue weighted by Crippen LogP contribution is 2.50. The fraction of sp³-hybridized carbons (Fsp3) is 0.350. The Labute approximate surface area is 165 Å². The number of carbonyl (C=O) groups is 2. The van der Waals surface area contributed by atoms with E-state index in [0.29, 0.717) is 37.1 Å². The standard InChI is InChI=1S/C20H19N3O2S2/c24-19(14-12-13(14)16-6-3-11-26-16)22-7-9-23(10-8-22)20(25)18-21-15-4-1-2-5-17(15)27-18/h1-6,11,13-14H,7-10,12H2. The Balaban J connectivity index is 1.20. The number of fused-ring (bicyclic) bond motifs is 1. The Kier molecular flexibility index (Phi) is 4.21. The predicted octanol–water partition coefficient (Wildman–Crippen LogP) is 3.45. The number of benzene rings is 1. The van der Waals surface area contributed by atoms with Gasteiger partial charge in [0.05, 0.1) is 10.2 Å². The highest BCUT2D eigenvalue weighted by Gasteiger charge is 2.46. The van der Waals surface area contributed by atoms with Crippen LogP contribution in [0.1, 0.15) is 27.0 Å². The first-order valence-corrected chi connectivity index (χ1v) is 10.9. The van der Waals surface area contributed by atoms with Crippen molar-refractivity contribution in [1.82, 2.24) is 14.8 Å². The molecule has 3 aromatic rings. The summed E-state index contributed by atoms with van der Waals surface area (Å²) in [4.78, 5) is 35.1. The second-order valence-electron chi connectivity index (χ2n) is 7.07. The number of para-hydroxylation sites is 1. The number of carbonyl (C=O) groups excluding carboxylic acids is 2. The molecule has 3 heterocycles. The van der Waals surface area contributed by atoms with Crippen LogP contribution in [0, 0.1) is 5.92 Å². The minimum Gasteiger partial charge on any atom is -0.339 e. The molecule has 2 fully saturated rings. The van der Waals surface area contributed by atoms with Crippen LogP contribution in [0.25, 0.3) is 10.2 Å². The molecule has 2 aromatic heterocycles. The number of aromatic nitrogens is 1. The second kappa shape index (κ2) is 6.73. The first-order valence-electron chi connectivity index (χ1n) is 9.18. The van der Waals surface area contributed by atoms with E-state index in [-0.39, 0.29) is 17.7 Å². The van der Waals surface area contributed by atoms with Crippen molar-refractivity contribution in [2.45, 2.75) is 12.3 Å². The van der Waals surface area contributed by atoms with Gasteiger partial charge in [0.2, 0.25) is 5.91 Å². The summed E-state index contributed by atoms with van der Waals surface area (Å²) < 4.78 is 1.03. The van der Waals surface area contributed by atoms with Crippen LogP contribution < -0.4 is 0 Å². The topological polar surface area (TPSA) is 53.5 Å². The maximum Gasteiger partial charge on any atom is 0.282 e. The summed E-state index contributed by atoms with van der Waals surface area (Å²) in [5.41, 5.74) is 0.869. The van der Waals surface area contributed by atoms with Crippen molar-refractivity contribution < 1.29 is 9.59 Å². The minimum absolute atomic E-state index is 0.0221. The van der Waals surface area contributed by atoms with Crippen LogP contribution in [0.3, 0.4) is 0 Å². The van der Waals surface area contributed by atoms with Crippen molar-refractivity contribution >= 4 is 44.7 Å². The largest absolute Gasteiger partial charge is 0.339 e. The molecule has 0 bridgehead atoms. The number of amides is 2. The van der Waals surface area contributed by atoms with Crippen LogP contribution in [-0.4, -0.2) is 52.8 Å². The van der Waals surface area contributed by atoms with E-state index in [0.717, 1.165) is 16.6 Å². The number of hydrogen-bond donors (Lipinski definition) is 0. The summed E-state index contributed by atoms with van der Waals surface area (Å²) in [5.74, 6) is 0.766. The third-order valence-corrected chi connectivity index (χ3v) is 7.40. The van der Waals surface area contributed by atoms with Crippen molar-refractivity contribution in [3.05, 3.63) is 51.7 Å². The number of thiazole rings is 1. The van der Waals surface area contributed by atoms with Crippen molar-refractivity contribution in [3.8, 4) is 0 Å². The van der Waals surface area contributed by atoms with E-state index >= 15 is 0 Å². The molecule has 7 heteroatoms. The van der Waals surface area contributed by atoms with Crippen LogP contribution in [0.15, 0.2) is 41.8 Å². The molecule has 1 saturated carbocycles. The molecule has 2 unspecified atom stereocenters. The zero-order valence-corrected chi connectivity index (χ0v) is 16.3. The lowest BCUT2D eigenvalue weighted by Crippen LogP contribution is -2.51. The number of hydrogen-bond acceptors (Lipinski definition) is 5. The monoisotopic (exact) mass is 397 g/mol. The first-order chi connectivity index (χ1) is 13.2. The Morgan fingerprint density at radius 2 is 1.78 bits per heavy atom. The molecule has 27 heavy (non-hydrogen) atoms. The van der Waals surface area contributed by atoms with E-state index in [1.54, 1.807) is 11.3 Å². The van der Waals surface area contributed by atoms with E-state index in [1.807, 2.05) is 40.1 Å². The Morgan fingerprint density at radius 3 is 2.52 bits per heavy atom. The molecule has 138 valence electrons. The SMILES string of the molecule is O=C(c1nc2ccccc2s1)N1CCN(C(=O)C2CC2c2cccs2)CC1. The third-order valence-electron chi connectivity index (χ3n) is 5.37. The molecule has 0 radical (unpaired) electrons. The van der Waals surface area contributed by atoms with Crippen molar-refractivity contribution in [2.24, 2.45) is 5.92 Å². The second-order valence-corrected chi connectivity index (χ2v) is 9.08. The molecule has 5 nitrogen and oxygen atoms in total. The van der Waals surface area contributed by atoms with E-state index < -0.39 is 0 Å². The van der Waals surface area contributed by atoms with Crippen LogP contribution in [0.4, 0.5) is 0 Å². The normalized spacial score (nSPS) is 22.2. The summed E-state index contributed by atoms with van der Waals surface area (Å²) in [6, 6.07) is 12.0. The highest BCUT2D eigenvalue weighted by molar-refractivity contribution is 7.20. The van der Waals surface area contributed by atoms with Gasteiger partial charge in [-0.3, -0.25) is 9.59 Å². The van der Waals surface area contributed by atoms with Gasteiger partial charge in [-0.2, -0.15) is 0 Å². The number of piperazine rings is 1. The minimum atomic E-state index is -0.0221. The molecule has 1 aromatic carbocycles. The molecular formula is C20H19N3O2S2. The van der Waals surface area contributed by atoms with Gasteiger partial charge in [0, 0.05) is 42.9 Å². The zero-order chi connectivity index (χ0) is 18.4. The Morgan fingerprint density at radius 1 is 1.00 bits per heavy atom. The van der Waals surface area contributed by atoms with Gasteiger partial charge in [0.25, 0.3) is 5.91 Å². The summed E-state index contributed by atoms with van der Waals surface area (Å²) in [6.45, 7) is 2.39. The van der Waals surface area contributed by atoms with Gasteiger partial charge in [0.15, 0.2) is 5.01 Å². The molecule has 2 atom stereocenters. The van der Waals surface area contributed by atoms with Crippen LogP contribution in [0.2, 0.25) is 0 Å². The van der Waals surface area contributed by atoms with Gasteiger partial charge in [0.1, 0.15) is 0 Å². The molecule has 1 saturated heterocycles. The molecule has 0 N–H and O–H groups in total. The van der Waals surface area contributed by atoms with Gasteiger partial charge < -0.3 is 9.80 Å². The third kappa shape index (κ3) is 3.15. The van der Waals surface area contributed by atoms with E-state index in [9.17, 15) is 9.59 Å². The lowest BCUT2D eigenvalue weighted by Gasteiger charge is -2.34. The summed E-state index contributed by atoms with van der Waals surface area (Å²) in [5, 5.41) is 2.61. The first kappa shape index (κ1) is 16.9. The lowest BCUT2D eigenvalue weighted by molar-refractivity contribution is -0.134. The summed E-state index contributed by atoms with van der Waals surface area (Å²) in [7, 11) is 0. The molecule has 2 aliphatic rings. The molecular weight excluding hydrogens is 378 g/mol. The fourth-order valence-corrected chi connectivity index (χ4v) is 5.59. The van der Waals surface area contributed by atoms with Crippen molar-refractivity contribution in [1.29, 1.82) is 0 Å². The molecule has 2 amide bonds. The van der Waals surface area contributed by atoms with E-state index in [4.69, 9.17) is 0 Å². The molecule has 0 spiro atoms. The smallest absolute Gasteiger partial charge is 0.282 e. The van der Waals surface area contributed by atoms with Gasteiger partial charge in [-0.1, -0.05) is 18.2 Å². The number of nitrogens with zero attached hydrogens (tertiary/aromatic N) is 3. The van der Waals surface area contributed by atoms with Gasteiger partial charge >= 0.3 is 0 Å². The van der Waals surface area contributed by atoms with Crippen LogP contribution >= 0.6 is 22.7 Å².